The summed E-state index contributed by atoms with van der Waals surface area (Å²) in [6.45, 7) is 9.75. The fourth-order valence-electron chi connectivity index (χ4n) is 3.47. The lowest BCUT2D eigenvalue weighted by Gasteiger charge is -2.34. The summed E-state index contributed by atoms with van der Waals surface area (Å²) < 4.78 is 5.97. The normalized spacial score (nSPS) is 25.2. The van der Waals surface area contributed by atoms with Crippen LogP contribution in [-0.2, 0) is 0 Å². The number of hydrogen-bond donors (Lipinski definition) is 1. The van der Waals surface area contributed by atoms with Crippen LogP contribution in [0.2, 0.25) is 0 Å². The van der Waals surface area contributed by atoms with Crippen LogP contribution in [0.1, 0.15) is 24.0 Å². The zero-order valence-corrected chi connectivity index (χ0v) is 13.9. The Bertz CT molecular complexity index is 466. The lowest BCUT2D eigenvalue weighted by Crippen LogP contribution is -2.45. The number of nitrogens with zero attached hydrogens (tertiary/aromatic N) is 1. The van der Waals surface area contributed by atoms with Crippen molar-refractivity contribution >= 4 is 12.4 Å². The third-order valence-corrected chi connectivity index (χ3v) is 4.75. The molecule has 0 aliphatic carbocycles. The van der Waals surface area contributed by atoms with Crippen molar-refractivity contribution in [2.24, 2.45) is 5.92 Å². The van der Waals surface area contributed by atoms with Gasteiger partial charge in [0.25, 0.3) is 0 Å². The Morgan fingerprint density at radius 1 is 1.29 bits per heavy atom. The summed E-state index contributed by atoms with van der Waals surface area (Å²) in [5, 5.41) is 3.62. The molecule has 3 rings (SSSR count). The van der Waals surface area contributed by atoms with Crippen molar-refractivity contribution in [2.45, 2.75) is 32.7 Å². The molecule has 2 atom stereocenters. The van der Waals surface area contributed by atoms with Gasteiger partial charge in [-0.1, -0.05) is 12.1 Å². The predicted molar refractivity (Wildman–Crippen MR) is 89.6 cm³/mol. The molecule has 1 N–H and O–H groups in total. The Morgan fingerprint density at radius 3 is 3.00 bits per heavy atom. The van der Waals surface area contributed by atoms with Crippen molar-refractivity contribution in [1.29, 1.82) is 0 Å². The highest BCUT2D eigenvalue weighted by Gasteiger charge is 2.32. The van der Waals surface area contributed by atoms with E-state index in [0.29, 0.717) is 0 Å². The highest BCUT2D eigenvalue weighted by Crippen LogP contribution is 2.24. The van der Waals surface area contributed by atoms with E-state index in [0.717, 1.165) is 30.9 Å². The molecule has 2 heterocycles. The zero-order valence-electron chi connectivity index (χ0n) is 13.1. The van der Waals surface area contributed by atoms with E-state index in [1.165, 1.54) is 43.6 Å². The Hall–Kier alpha value is -0.770. The number of benzene rings is 1. The van der Waals surface area contributed by atoms with E-state index in [1.807, 2.05) is 0 Å². The Morgan fingerprint density at radius 2 is 2.14 bits per heavy atom. The minimum atomic E-state index is 0. The van der Waals surface area contributed by atoms with Crippen LogP contribution in [-0.4, -0.2) is 43.7 Å². The second-order valence-electron chi connectivity index (χ2n) is 6.32. The van der Waals surface area contributed by atoms with Crippen LogP contribution in [0.25, 0.3) is 0 Å². The lowest BCUT2D eigenvalue weighted by molar-refractivity contribution is 0.138. The van der Waals surface area contributed by atoms with E-state index in [1.54, 1.807) is 0 Å². The molecular weight excluding hydrogens is 284 g/mol. The number of ether oxygens (including phenoxy) is 1. The van der Waals surface area contributed by atoms with E-state index in [4.69, 9.17) is 4.74 Å². The standard InChI is InChI=1S/C17H26N2O.ClH/c1-13-3-4-14(2)17(11-13)20-10-9-19-8-6-16-15(12-19)5-7-18-16;/h3-4,11,15-16,18H,5-10,12H2,1-2H3;1H. The highest BCUT2D eigenvalue weighted by atomic mass is 35.5. The minimum Gasteiger partial charge on any atom is -0.492 e. The van der Waals surface area contributed by atoms with E-state index in [-0.39, 0.29) is 12.4 Å². The van der Waals surface area contributed by atoms with E-state index < -0.39 is 0 Å². The number of fused-ring (bicyclic) bond motifs is 1. The van der Waals surface area contributed by atoms with E-state index in [2.05, 4.69) is 42.3 Å². The molecule has 0 amide bonds. The van der Waals surface area contributed by atoms with Gasteiger partial charge in [-0.15, -0.1) is 12.4 Å². The summed E-state index contributed by atoms with van der Waals surface area (Å²) in [7, 11) is 0. The number of hydrogen-bond acceptors (Lipinski definition) is 3. The third kappa shape index (κ3) is 4.12. The molecule has 21 heavy (non-hydrogen) atoms. The average Bonchev–Trinajstić information content (AvgIpc) is 2.90. The Labute approximate surface area is 134 Å². The maximum absolute atomic E-state index is 5.97. The maximum Gasteiger partial charge on any atom is 0.122 e. The topological polar surface area (TPSA) is 24.5 Å². The van der Waals surface area contributed by atoms with Gasteiger partial charge in [0.15, 0.2) is 0 Å². The first-order valence-electron chi connectivity index (χ1n) is 7.88. The number of likely N-dealkylation sites (tertiary alicyclic amines) is 1. The average molecular weight is 311 g/mol. The van der Waals surface area contributed by atoms with Crippen molar-refractivity contribution in [3.8, 4) is 5.75 Å². The molecule has 2 aliphatic rings. The molecule has 2 saturated heterocycles. The van der Waals surface area contributed by atoms with Crippen LogP contribution in [0.3, 0.4) is 0 Å². The quantitative estimate of drug-likeness (QED) is 0.925. The number of aryl methyl sites for hydroxylation is 2. The summed E-state index contributed by atoms with van der Waals surface area (Å²) in [5.74, 6) is 1.91. The number of rotatable bonds is 4. The maximum atomic E-state index is 5.97. The molecule has 3 nitrogen and oxygen atoms in total. The Kier molecular flexibility index (Phi) is 5.91. The fourth-order valence-corrected chi connectivity index (χ4v) is 3.47. The van der Waals surface area contributed by atoms with E-state index >= 15 is 0 Å². The molecular formula is C17H27ClN2O. The molecule has 0 aromatic heterocycles. The first kappa shape index (κ1) is 16.6. The van der Waals surface area contributed by atoms with Gasteiger partial charge in [-0.05, 0) is 62.9 Å². The summed E-state index contributed by atoms with van der Waals surface area (Å²) in [5.41, 5.74) is 2.50. The first-order chi connectivity index (χ1) is 9.72. The molecule has 1 aromatic rings. The van der Waals surface area contributed by atoms with Crippen LogP contribution in [0.15, 0.2) is 18.2 Å². The van der Waals surface area contributed by atoms with Crippen molar-refractivity contribution < 1.29 is 4.74 Å². The molecule has 0 radical (unpaired) electrons. The summed E-state index contributed by atoms with van der Waals surface area (Å²) in [6, 6.07) is 7.20. The fraction of sp³-hybridized carbons (Fsp3) is 0.647. The molecule has 0 bridgehead atoms. The van der Waals surface area contributed by atoms with Crippen molar-refractivity contribution in [1.82, 2.24) is 10.2 Å². The molecule has 2 aliphatic heterocycles. The van der Waals surface area contributed by atoms with Crippen molar-refractivity contribution in [3.63, 3.8) is 0 Å². The van der Waals surface area contributed by atoms with Crippen LogP contribution < -0.4 is 10.1 Å². The summed E-state index contributed by atoms with van der Waals surface area (Å²) in [6.07, 6.45) is 2.65. The predicted octanol–water partition coefficient (Wildman–Crippen LogP) is 2.79. The number of nitrogens with one attached hydrogen (secondary N) is 1. The molecule has 2 unspecified atom stereocenters. The van der Waals surface area contributed by atoms with Gasteiger partial charge in [0.2, 0.25) is 0 Å². The number of piperidine rings is 1. The summed E-state index contributed by atoms with van der Waals surface area (Å²) in [4.78, 5) is 2.57. The molecule has 0 spiro atoms. The molecule has 4 heteroatoms. The second kappa shape index (κ2) is 7.48. The molecule has 1 aromatic carbocycles. The zero-order chi connectivity index (χ0) is 13.9. The lowest BCUT2D eigenvalue weighted by atomic mass is 9.93. The minimum absolute atomic E-state index is 0. The van der Waals surface area contributed by atoms with Gasteiger partial charge in [-0.2, -0.15) is 0 Å². The van der Waals surface area contributed by atoms with Crippen LogP contribution in [0.5, 0.6) is 5.75 Å². The monoisotopic (exact) mass is 310 g/mol. The summed E-state index contributed by atoms with van der Waals surface area (Å²) >= 11 is 0. The van der Waals surface area contributed by atoms with Gasteiger partial charge in [-0.3, -0.25) is 4.90 Å². The molecule has 0 saturated carbocycles. The first-order valence-corrected chi connectivity index (χ1v) is 7.88. The molecule has 118 valence electrons. The van der Waals surface area contributed by atoms with Crippen LogP contribution in [0, 0.1) is 19.8 Å². The SMILES string of the molecule is Cc1ccc(C)c(OCCN2CCC3NCCC3C2)c1.Cl. The number of halogens is 1. The van der Waals surface area contributed by atoms with Gasteiger partial charge in [0, 0.05) is 19.1 Å². The van der Waals surface area contributed by atoms with Crippen molar-refractivity contribution in [3.05, 3.63) is 29.3 Å². The smallest absolute Gasteiger partial charge is 0.122 e. The van der Waals surface area contributed by atoms with Gasteiger partial charge in [0.1, 0.15) is 12.4 Å². The van der Waals surface area contributed by atoms with Crippen LogP contribution >= 0.6 is 12.4 Å². The van der Waals surface area contributed by atoms with Gasteiger partial charge < -0.3 is 10.1 Å². The van der Waals surface area contributed by atoms with Gasteiger partial charge in [0.05, 0.1) is 0 Å². The third-order valence-electron chi connectivity index (χ3n) is 4.75. The van der Waals surface area contributed by atoms with Crippen molar-refractivity contribution in [2.75, 3.05) is 32.8 Å². The highest BCUT2D eigenvalue weighted by molar-refractivity contribution is 5.85. The molecule has 2 fully saturated rings. The van der Waals surface area contributed by atoms with Gasteiger partial charge in [-0.25, -0.2) is 0 Å². The second-order valence-corrected chi connectivity index (χ2v) is 6.32. The van der Waals surface area contributed by atoms with E-state index in [9.17, 15) is 0 Å². The van der Waals surface area contributed by atoms with Crippen LogP contribution in [0.4, 0.5) is 0 Å². The van der Waals surface area contributed by atoms with Gasteiger partial charge >= 0.3 is 0 Å². The largest absolute Gasteiger partial charge is 0.492 e. The Balaban J connectivity index is 0.00000161.